The minimum atomic E-state index is -0.357. The number of carbonyl (C=O) groups excluding carboxylic acids is 1. The molecule has 51 heavy (non-hydrogen) atoms. The number of unbranched alkanes of at least 4 members (excludes halogenated alkanes) is 6. The van der Waals surface area contributed by atoms with Crippen LogP contribution >= 0.6 is 0 Å². The largest absolute Gasteiger partial charge is 0.446 e. The Hall–Kier alpha value is -4.19. The third-order valence-corrected chi connectivity index (χ3v) is 10.7. The van der Waals surface area contributed by atoms with Crippen molar-refractivity contribution in [3.63, 3.8) is 0 Å². The van der Waals surface area contributed by atoms with E-state index in [9.17, 15) is 4.79 Å². The van der Waals surface area contributed by atoms with Gasteiger partial charge in [-0.3, -0.25) is 5.32 Å². The van der Waals surface area contributed by atoms with Crippen LogP contribution in [0.5, 0.6) is 0 Å². The fourth-order valence-corrected chi connectivity index (χ4v) is 7.78. The summed E-state index contributed by atoms with van der Waals surface area (Å²) in [5.74, 6) is 0. The number of ether oxygens (including phenoxy) is 1. The molecule has 0 saturated carbocycles. The SMILES string of the molecule is CN(CCC=C1c2ccccc2CCc2ccccc21)CCCCCCCCCN1CCC(OC(=O)Nc2ccccc2-c2ccccc2)CC1. The number of piperidine rings is 1. The predicted octanol–water partition coefficient (Wildman–Crippen LogP) is 10.6. The van der Waals surface area contributed by atoms with E-state index < -0.39 is 0 Å². The number of hydrogen-bond donors (Lipinski definition) is 1. The van der Waals surface area contributed by atoms with Crippen LogP contribution in [0.2, 0.25) is 0 Å². The van der Waals surface area contributed by atoms with Crippen molar-refractivity contribution in [2.45, 2.75) is 83.2 Å². The lowest BCUT2D eigenvalue weighted by molar-refractivity contribution is 0.0584. The zero-order valence-corrected chi connectivity index (χ0v) is 30.7. The Morgan fingerprint density at radius 2 is 1.27 bits per heavy atom. The predicted molar refractivity (Wildman–Crippen MR) is 213 cm³/mol. The smallest absolute Gasteiger partial charge is 0.411 e. The molecule has 1 heterocycles. The number of benzene rings is 4. The quantitative estimate of drug-likeness (QED) is 0.119. The first-order valence-electron chi connectivity index (χ1n) is 19.5. The number of aryl methyl sites for hydroxylation is 2. The number of fused-ring (bicyclic) bond motifs is 2. The van der Waals surface area contributed by atoms with Crippen LogP contribution in [-0.2, 0) is 17.6 Å². The van der Waals surface area contributed by atoms with Crippen molar-refractivity contribution in [1.82, 2.24) is 9.80 Å². The maximum Gasteiger partial charge on any atom is 0.411 e. The third-order valence-electron chi connectivity index (χ3n) is 10.7. The zero-order valence-electron chi connectivity index (χ0n) is 30.7. The van der Waals surface area contributed by atoms with Crippen LogP contribution < -0.4 is 5.32 Å². The Labute approximate surface area is 306 Å². The van der Waals surface area contributed by atoms with Crippen molar-refractivity contribution in [2.24, 2.45) is 0 Å². The molecular formula is C46H57N3O2. The number of carbonyl (C=O) groups is 1. The summed E-state index contributed by atoms with van der Waals surface area (Å²) in [7, 11) is 2.28. The number of amides is 1. The normalized spacial score (nSPS) is 14.8. The number of rotatable bonds is 16. The summed E-state index contributed by atoms with van der Waals surface area (Å²) in [6.45, 7) is 5.45. The molecule has 0 bridgehead atoms. The molecule has 0 radical (unpaired) electrons. The lowest BCUT2D eigenvalue weighted by atomic mass is 9.93. The van der Waals surface area contributed by atoms with Crippen molar-refractivity contribution in [1.29, 1.82) is 0 Å². The third kappa shape index (κ3) is 10.9. The van der Waals surface area contributed by atoms with Gasteiger partial charge in [-0.25, -0.2) is 4.79 Å². The molecule has 4 aromatic carbocycles. The monoisotopic (exact) mass is 683 g/mol. The highest BCUT2D eigenvalue weighted by atomic mass is 16.6. The molecule has 0 spiro atoms. The fraction of sp³-hybridized carbons (Fsp3) is 0.413. The lowest BCUT2D eigenvalue weighted by Gasteiger charge is -2.31. The minimum absolute atomic E-state index is 0.0160. The lowest BCUT2D eigenvalue weighted by Crippen LogP contribution is -2.38. The molecule has 0 atom stereocenters. The molecule has 1 saturated heterocycles. The van der Waals surface area contributed by atoms with Crippen LogP contribution in [-0.4, -0.2) is 61.8 Å². The molecule has 0 unspecified atom stereocenters. The second-order valence-electron chi connectivity index (χ2n) is 14.5. The molecule has 1 aliphatic carbocycles. The fourth-order valence-electron chi connectivity index (χ4n) is 7.78. The summed E-state index contributed by atoms with van der Waals surface area (Å²) in [6, 6.07) is 36.0. The van der Waals surface area contributed by atoms with Crippen molar-refractivity contribution >= 4 is 17.4 Å². The van der Waals surface area contributed by atoms with E-state index >= 15 is 0 Å². The minimum Gasteiger partial charge on any atom is -0.446 e. The molecule has 2 aliphatic rings. The van der Waals surface area contributed by atoms with Crippen molar-refractivity contribution in [2.75, 3.05) is 45.1 Å². The molecule has 0 aromatic heterocycles. The van der Waals surface area contributed by atoms with Gasteiger partial charge in [-0.15, -0.1) is 0 Å². The van der Waals surface area contributed by atoms with Gasteiger partial charge in [0.2, 0.25) is 0 Å². The van der Waals surface area contributed by atoms with Gasteiger partial charge >= 0.3 is 6.09 Å². The van der Waals surface area contributed by atoms with Crippen LogP contribution in [0.25, 0.3) is 16.7 Å². The van der Waals surface area contributed by atoms with Crippen LogP contribution in [0.4, 0.5) is 10.5 Å². The van der Waals surface area contributed by atoms with E-state index in [1.54, 1.807) is 0 Å². The van der Waals surface area contributed by atoms with Gasteiger partial charge in [0.25, 0.3) is 0 Å². The van der Waals surface area contributed by atoms with Crippen molar-refractivity contribution < 1.29 is 9.53 Å². The van der Waals surface area contributed by atoms with Gasteiger partial charge in [-0.2, -0.15) is 0 Å². The van der Waals surface area contributed by atoms with E-state index in [4.69, 9.17) is 4.74 Å². The number of hydrogen-bond acceptors (Lipinski definition) is 4. The van der Waals surface area contributed by atoms with Crippen LogP contribution in [0.15, 0.2) is 109 Å². The van der Waals surface area contributed by atoms with Gasteiger partial charge in [0.1, 0.15) is 6.10 Å². The Kier molecular flexibility index (Phi) is 13.9. The summed E-state index contributed by atoms with van der Waals surface area (Å²) in [5, 5.41) is 2.99. The molecule has 1 amide bonds. The average molecular weight is 684 g/mol. The molecule has 268 valence electrons. The summed E-state index contributed by atoms with van der Waals surface area (Å²) in [5.41, 5.74) is 10.1. The number of para-hydroxylation sites is 1. The highest BCUT2D eigenvalue weighted by molar-refractivity contribution is 5.91. The molecule has 5 nitrogen and oxygen atoms in total. The van der Waals surface area contributed by atoms with Crippen molar-refractivity contribution in [3.8, 4) is 11.1 Å². The van der Waals surface area contributed by atoms with Gasteiger partial charge in [0, 0.05) is 25.2 Å². The number of anilines is 1. The van der Waals surface area contributed by atoms with Gasteiger partial charge in [-0.1, -0.05) is 135 Å². The van der Waals surface area contributed by atoms with E-state index in [1.165, 1.54) is 79.3 Å². The second-order valence-corrected chi connectivity index (χ2v) is 14.5. The average Bonchev–Trinajstić information content (AvgIpc) is 3.32. The Morgan fingerprint density at radius 3 is 1.96 bits per heavy atom. The molecule has 4 aromatic rings. The first kappa shape index (κ1) is 36.6. The number of likely N-dealkylation sites (tertiary alicyclic amines) is 1. The molecule has 6 rings (SSSR count). The van der Waals surface area contributed by atoms with Crippen LogP contribution in [0.3, 0.4) is 0 Å². The van der Waals surface area contributed by atoms with E-state index in [-0.39, 0.29) is 12.2 Å². The summed E-state index contributed by atoms with van der Waals surface area (Å²) in [6.07, 6.45) is 16.4. The topological polar surface area (TPSA) is 44.8 Å². The van der Waals surface area contributed by atoms with Gasteiger partial charge < -0.3 is 14.5 Å². The van der Waals surface area contributed by atoms with Gasteiger partial charge in [-0.05, 0) is 105 Å². The van der Waals surface area contributed by atoms with Gasteiger partial charge in [0.15, 0.2) is 0 Å². The highest BCUT2D eigenvalue weighted by Crippen LogP contribution is 2.34. The Bertz CT molecular complexity index is 1640. The van der Waals surface area contributed by atoms with E-state index in [0.29, 0.717) is 0 Å². The molecule has 1 N–H and O–H groups in total. The van der Waals surface area contributed by atoms with E-state index in [1.807, 2.05) is 42.5 Å². The maximum absolute atomic E-state index is 12.7. The Balaban J connectivity index is 0.795. The first-order valence-corrected chi connectivity index (χ1v) is 19.5. The summed E-state index contributed by atoms with van der Waals surface area (Å²) < 4.78 is 5.83. The van der Waals surface area contributed by atoms with Crippen LogP contribution in [0, 0.1) is 0 Å². The van der Waals surface area contributed by atoms with Gasteiger partial charge in [0.05, 0.1) is 5.69 Å². The van der Waals surface area contributed by atoms with Crippen molar-refractivity contribution in [3.05, 3.63) is 131 Å². The first-order chi connectivity index (χ1) is 25.1. The number of nitrogens with zero attached hydrogens (tertiary/aromatic N) is 2. The molecule has 5 heteroatoms. The zero-order chi connectivity index (χ0) is 35.1. The molecular weight excluding hydrogens is 627 g/mol. The molecule has 1 fully saturated rings. The summed E-state index contributed by atoms with van der Waals surface area (Å²) in [4.78, 5) is 17.8. The van der Waals surface area contributed by atoms with E-state index in [0.717, 1.165) is 75.1 Å². The summed E-state index contributed by atoms with van der Waals surface area (Å²) >= 11 is 0. The second kappa shape index (κ2) is 19.4. The van der Waals surface area contributed by atoms with Crippen LogP contribution in [0.1, 0.15) is 86.5 Å². The standard InChI is InChI=1S/C46H57N3O2/c1-48(33-18-26-44-41-23-12-10-21-38(41)28-29-39-22-11-13-24-42(39)44)32-16-5-3-2-4-6-17-34-49-35-30-40(31-36-49)51-46(50)47-45-27-15-14-25-43(45)37-19-8-7-9-20-37/h7-15,19-27,40H,2-6,16-18,28-36H2,1H3,(H,47,50). The maximum atomic E-state index is 12.7. The highest BCUT2D eigenvalue weighted by Gasteiger charge is 2.23. The Morgan fingerprint density at radius 1 is 0.706 bits per heavy atom. The van der Waals surface area contributed by atoms with E-state index in [2.05, 4.69) is 88.9 Å². The number of nitrogens with one attached hydrogen (secondary N) is 1. The molecule has 1 aliphatic heterocycles.